The summed E-state index contributed by atoms with van der Waals surface area (Å²) >= 11 is 0. The molecule has 37 heavy (non-hydrogen) atoms. The smallest absolute Gasteiger partial charge is 0.227 e. The van der Waals surface area contributed by atoms with Gasteiger partial charge >= 0.3 is 0 Å². The maximum atomic E-state index is 14.4. The lowest BCUT2D eigenvalue weighted by molar-refractivity contribution is -0.132. The standard InChI is InChI=1S/C29H44FN5O2/c1-22(2)18-29(37)35-15-7-13-32(20-23(3)4)12-6-14-34(21-25-19-26(30)8-9-27(25)35)28(36)10-16-33-17-11-31-24(33)5/h8-9,11,17,19,22-23H,6-7,10,12-16,18,20-21H2,1-5H3. The molecule has 2 aromatic rings. The van der Waals surface area contributed by atoms with E-state index in [2.05, 4.69) is 23.7 Å². The number of carbonyl (C=O) groups excluding carboxylic acids is 2. The lowest BCUT2D eigenvalue weighted by Crippen LogP contribution is -2.40. The first-order chi connectivity index (χ1) is 17.6. The lowest BCUT2D eigenvalue weighted by atomic mass is 10.1. The molecule has 1 aromatic heterocycles. The normalized spacial score (nSPS) is 16.0. The van der Waals surface area contributed by atoms with Crippen molar-refractivity contribution in [2.45, 2.75) is 73.4 Å². The monoisotopic (exact) mass is 513 g/mol. The van der Waals surface area contributed by atoms with Crippen LogP contribution in [0.3, 0.4) is 0 Å². The Bertz CT molecular complexity index is 1040. The molecule has 0 bridgehead atoms. The Balaban J connectivity index is 1.91. The van der Waals surface area contributed by atoms with Crippen molar-refractivity contribution in [2.75, 3.05) is 37.6 Å². The van der Waals surface area contributed by atoms with Gasteiger partial charge in [-0.05, 0) is 68.5 Å². The van der Waals surface area contributed by atoms with E-state index < -0.39 is 0 Å². The highest BCUT2D eigenvalue weighted by Crippen LogP contribution is 2.26. The molecule has 0 aliphatic carbocycles. The van der Waals surface area contributed by atoms with Crippen LogP contribution in [0.4, 0.5) is 10.1 Å². The number of anilines is 1. The van der Waals surface area contributed by atoms with Gasteiger partial charge in [0.05, 0.1) is 0 Å². The molecule has 7 nitrogen and oxygen atoms in total. The first kappa shape index (κ1) is 28.8. The van der Waals surface area contributed by atoms with Crippen LogP contribution in [0, 0.1) is 24.6 Å². The molecule has 1 aliphatic rings. The van der Waals surface area contributed by atoms with Crippen LogP contribution in [0.25, 0.3) is 0 Å². The molecule has 0 saturated heterocycles. The van der Waals surface area contributed by atoms with Crippen molar-refractivity contribution in [1.29, 1.82) is 0 Å². The van der Waals surface area contributed by atoms with Crippen LogP contribution < -0.4 is 4.90 Å². The fraction of sp³-hybridized carbons (Fsp3) is 0.621. The number of amides is 2. The second kappa shape index (κ2) is 13.7. The number of imidazole rings is 1. The summed E-state index contributed by atoms with van der Waals surface area (Å²) in [7, 11) is 0. The van der Waals surface area contributed by atoms with Crippen molar-refractivity contribution in [3.63, 3.8) is 0 Å². The summed E-state index contributed by atoms with van der Waals surface area (Å²) in [4.78, 5) is 37.1. The van der Waals surface area contributed by atoms with Gasteiger partial charge in [-0.15, -0.1) is 0 Å². The second-order valence-corrected chi connectivity index (χ2v) is 11.1. The average Bonchev–Trinajstić information content (AvgIpc) is 3.23. The van der Waals surface area contributed by atoms with Crippen LogP contribution in [0.1, 0.15) is 64.8 Å². The average molecular weight is 514 g/mol. The number of nitrogens with zero attached hydrogens (tertiary/aromatic N) is 5. The summed E-state index contributed by atoms with van der Waals surface area (Å²) in [6.45, 7) is 15.2. The summed E-state index contributed by atoms with van der Waals surface area (Å²) in [6, 6.07) is 4.61. The quantitative estimate of drug-likeness (QED) is 0.529. The van der Waals surface area contributed by atoms with Gasteiger partial charge in [0.1, 0.15) is 11.6 Å². The van der Waals surface area contributed by atoms with E-state index in [-0.39, 0.29) is 30.1 Å². The predicted molar refractivity (Wildman–Crippen MR) is 146 cm³/mol. The zero-order valence-corrected chi connectivity index (χ0v) is 23.3. The molecule has 0 unspecified atom stereocenters. The number of fused-ring (bicyclic) bond motifs is 1. The maximum Gasteiger partial charge on any atom is 0.227 e. The number of carbonyl (C=O) groups is 2. The minimum Gasteiger partial charge on any atom is -0.338 e. The predicted octanol–water partition coefficient (Wildman–Crippen LogP) is 4.88. The van der Waals surface area contributed by atoms with E-state index in [1.165, 1.54) is 12.1 Å². The zero-order chi connectivity index (χ0) is 26.9. The number of aromatic nitrogens is 2. The lowest BCUT2D eigenvalue weighted by Gasteiger charge is -2.32. The Hall–Kier alpha value is -2.74. The van der Waals surface area contributed by atoms with Gasteiger partial charge in [-0.3, -0.25) is 9.59 Å². The molecule has 1 aromatic carbocycles. The fourth-order valence-corrected chi connectivity index (χ4v) is 5.04. The van der Waals surface area contributed by atoms with E-state index in [0.29, 0.717) is 49.6 Å². The Morgan fingerprint density at radius 3 is 2.38 bits per heavy atom. The number of hydrogen-bond acceptors (Lipinski definition) is 4. The van der Waals surface area contributed by atoms with E-state index >= 15 is 0 Å². The topological polar surface area (TPSA) is 61.7 Å². The molecule has 3 rings (SSSR count). The highest BCUT2D eigenvalue weighted by atomic mass is 19.1. The third-order valence-corrected chi connectivity index (χ3v) is 6.80. The van der Waals surface area contributed by atoms with Gasteiger partial charge in [0.15, 0.2) is 0 Å². The molecule has 0 fully saturated rings. The summed E-state index contributed by atoms with van der Waals surface area (Å²) in [6.07, 6.45) is 6.09. The molecule has 2 amide bonds. The molecule has 0 spiro atoms. The maximum absolute atomic E-state index is 14.4. The Morgan fingerprint density at radius 1 is 1.00 bits per heavy atom. The van der Waals surface area contributed by atoms with Crippen LogP contribution in [-0.4, -0.2) is 63.9 Å². The van der Waals surface area contributed by atoms with Gasteiger partial charge in [0.25, 0.3) is 0 Å². The summed E-state index contributed by atoms with van der Waals surface area (Å²) < 4.78 is 16.4. The van der Waals surface area contributed by atoms with E-state index in [1.54, 1.807) is 12.3 Å². The third kappa shape index (κ3) is 8.66. The van der Waals surface area contributed by atoms with E-state index in [9.17, 15) is 14.0 Å². The molecule has 2 heterocycles. The number of aryl methyl sites for hydroxylation is 2. The molecule has 0 atom stereocenters. The molecular weight excluding hydrogens is 469 g/mol. The number of benzene rings is 1. The van der Waals surface area contributed by atoms with Gasteiger partial charge in [-0.25, -0.2) is 9.37 Å². The van der Waals surface area contributed by atoms with Crippen LogP contribution in [-0.2, 0) is 22.7 Å². The molecular formula is C29H44FN5O2. The van der Waals surface area contributed by atoms with E-state index in [1.807, 2.05) is 41.3 Å². The second-order valence-electron chi connectivity index (χ2n) is 11.1. The Morgan fingerprint density at radius 2 is 1.73 bits per heavy atom. The fourth-order valence-electron chi connectivity index (χ4n) is 5.04. The summed E-state index contributed by atoms with van der Waals surface area (Å²) in [5, 5.41) is 0. The number of rotatable bonds is 7. The van der Waals surface area contributed by atoms with Gasteiger partial charge in [-0.2, -0.15) is 0 Å². The molecule has 1 aliphatic heterocycles. The highest BCUT2D eigenvalue weighted by Gasteiger charge is 2.24. The van der Waals surface area contributed by atoms with Crippen LogP contribution in [0.2, 0.25) is 0 Å². The largest absolute Gasteiger partial charge is 0.338 e. The summed E-state index contributed by atoms with van der Waals surface area (Å²) in [5.41, 5.74) is 1.40. The number of hydrogen-bond donors (Lipinski definition) is 0. The SMILES string of the molecule is Cc1nccn1CCC(=O)N1CCCN(CC(C)C)CCCN(C(=O)CC(C)C)c2ccc(F)cc2C1. The van der Waals surface area contributed by atoms with Crippen molar-refractivity contribution in [3.8, 4) is 0 Å². The molecule has 0 N–H and O–H groups in total. The van der Waals surface area contributed by atoms with Crippen molar-refractivity contribution in [3.05, 3.63) is 47.8 Å². The number of halogens is 1. The molecule has 8 heteroatoms. The Kier molecular flexibility index (Phi) is 10.7. The van der Waals surface area contributed by atoms with Gasteiger partial charge < -0.3 is 19.3 Å². The molecule has 204 valence electrons. The van der Waals surface area contributed by atoms with Crippen molar-refractivity contribution >= 4 is 17.5 Å². The summed E-state index contributed by atoms with van der Waals surface area (Å²) in [5.74, 6) is 1.34. The molecule has 0 saturated carbocycles. The first-order valence-electron chi connectivity index (χ1n) is 13.7. The van der Waals surface area contributed by atoms with Crippen molar-refractivity contribution < 1.29 is 14.0 Å². The molecule has 0 radical (unpaired) electrons. The van der Waals surface area contributed by atoms with Crippen LogP contribution in [0.5, 0.6) is 0 Å². The van der Waals surface area contributed by atoms with Crippen LogP contribution in [0.15, 0.2) is 30.6 Å². The first-order valence-corrected chi connectivity index (χ1v) is 13.7. The minimum absolute atomic E-state index is 0.0239. The van der Waals surface area contributed by atoms with E-state index in [0.717, 1.165) is 38.3 Å². The van der Waals surface area contributed by atoms with E-state index in [4.69, 9.17) is 0 Å². The van der Waals surface area contributed by atoms with Crippen molar-refractivity contribution in [2.24, 2.45) is 11.8 Å². The van der Waals surface area contributed by atoms with Gasteiger partial charge in [0.2, 0.25) is 11.8 Å². The highest BCUT2D eigenvalue weighted by molar-refractivity contribution is 5.94. The minimum atomic E-state index is -0.355. The van der Waals surface area contributed by atoms with Gasteiger partial charge in [0, 0.05) is 63.6 Å². The van der Waals surface area contributed by atoms with Gasteiger partial charge in [-0.1, -0.05) is 27.7 Å². The zero-order valence-electron chi connectivity index (χ0n) is 23.3. The van der Waals surface area contributed by atoms with Crippen molar-refractivity contribution in [1.82, 2.24) is 19.4 Å². The van der Waals surface area contributed by atoms with Crippen LogP contribution >= 0.6 is 0 Å². The Labute approximate surface area is 221 Å². The third-order valence-electron chi connectivity index (χ3n) is 6.80.